The monoisotopic (exact) mass is 486 g/mol. The van der Waals surface area contributed by atoms with Crippen LogP contribution in [0.2, 0.25) is 0 Å². The van der Waals surface area contributed by atoms with E-state index in [4.69, 9.17) is 14.2 Å². The Bertz CT molecular complexity index is 1250. The fourth-order valence-electron chi connectivity index (χ4n) is 3.21. The van der Waals surface area contributed by atoms with E-state index < -0.39 is 35.3 Å². The maximum Gasteiger partial charge on any atom is 0.255 e. The summed E-state index contributed by atoms with van der Waals surface area (Å²) >= 11 is 0. The van der Waals surface area contributed by atoms with Crippen LogP contribution in [0.4, 0.5) is 14.5 Å². The molecule has 11 heteroatoms. The number of rotatable bonds is 8. The molecule has 4 rings (SSSR count). The Morgan fingerprint density at radius 3 is 2.46 bits per heavy atom. The summed E-state index contributed by atoms with van der Waals surface area (Å²) in [6, 6.07) is 11.0. The first-order chi connectivity index (χ1) is 16.8. The standard InChI is InChI=1S/C24H20F2N2O7/c25-14-5-13(6-15(26)7-14)23(31)28-16-1-3-19(20(30)8-16)24(32)27-10-17(29)11-33-18-2-4-21-22(9-18)35-12-34-21/h1-9,17,29-30H,10-12H2,(H,27,32)(H,28,31). The van der Waals surface area contributed by atoms with Gasteiger partial charge >= 0.3 is 0 Å². The summed E-state index contributed by atoms with van der Waals surface area (Å²) in [5.74, 6) is -2.16. The number of aliphatic hydroxyl groups is 1. The van der Waals surface area contributed by atoms with Crippen LogP contribution >= 0.6 is 0 Å². The Morgan fingerprint density at radius 1 is 0.971 bits per heavy atom. The molecular weight excluding hydrogens is 466 g/mol. The van der Waals surface area contributed by atoms with E-state index in [1.807, 2.05) is 0 Å². The third-order valence-corrected chi connectivity index (χ3v) is 4.91. The smallest absolute Gasteiger partial charge is 0.255 e. The van der Waals surface area contributed by atoms with Crippen molar-refractivity contribution in [1.82, 2.24) is 5.32 Å². The topological polar surface area (TPSA) is 126 Å². The Hall–Kier alpha value is -4.38. The van der Waals surface area contributed by atoms with Gasteiger partial charge < -0.3 is 35.1 Å². The van der Waals surface area contributed by atoms with Gasteiger partial charge in [-0.15, -0.1) is 0 Å². The lowest BCUT2D eigenvalue weighted by molar-refractivity contribution is 0.0841. The lowest BCUT2D eigenvalue weighted by Crippen LogP contribution is -2.35. The summed E-state index contributed by atoms with van der Waals surface area (Å²) in [4.78, 5) is 24.6. The number of aliphatic hydroxyl groups excluding tert-OH is 1. The molecule has 1 aliphatic rings. The molecule has 0 radical (unpaired) electrons. The van der Waals surface area contributed by atoms with Crippen molar-refractivity contribution in [3.8, 4) is 23.0 Å². The molecule has 0 fully saturated rings. The second-order valence-electron chi connectivity index (χ2n) is 7.53. The first kappa shape index (κ1) is 23.8. The van der Waals surface area contributed by atoms with Crippen LogP contribution in [0, 0.1) is 11.6 Å². The molecule has 0 bridgehead atoms. The quantitative estimate of drug-likeness (QED) is 0.386. The molecule has 0 aliphatic carbocycles. The van der Waals surface area contributed by atoms with Crippen molar-refractivity contribution in [3.63, 3.8) is 0 Å². The van der Waals surface area contributed by atoms with Crippen LogP contribution in [0.25, 0.3) is 0 Å². The molecule has 182 valence electrons. The van der Waals surface area contributed by atoms with Crippen molar-refractivity contribution >= 4 is 17.5 Å². The van der Waals surface area contributed by atoms with Gasteiger partial charge in [0.2, 0.25) is 6.79 Å². The van der Waals surface area contributed by atoms with Gasteiger partial charge in [-0.1, -0.05) is 0 Å². The van der Waals surface area contributed by atoms with Gasteiger partial charge in [0, 0.05) is 36.0 Å². The number of benzene rings is 3. The minimum atomic E-state index is -1.04. The third-order valence-electron chi connectivity index (χ3n) is 4.91. The van der Waals surface area contributed by atoms with Gasteiger partial charge in [-0.05, 0) is 36.4 Å². The predicted octanol–water partition coefficient (Wildman–Crippen LogP) is 2.82. The highest BCUT2D eigenvalue weighted by molar-refractivity contribution is 6.05. The van der Waals surface area contributed by atoms with E-state index in [0.29, 0.717) is 23.3 Å². The minimum Gasteiger partial charge on any atom is -0.507 e. The molecule has 1 heterocycles. The molecule has 1 aliphatic heterocycles. The van der Waals surface area contributed by atoms with E-state index in [0.717, 1.165) is 18.2 Å². The molecule has 35 heavy (non-hydrogen) atoms. The Balaban J connectivity index is 1.28. The highest BCUT2D eigenvalue weighted by Crippen LogP contribution is 2.35. The van der Waals surface area contributed by atoms with Gasteiger partial charge in [0.15, 0.2) is 11.5 Å². The van der Waals surface area contributed by atoms with Crippen molar-refractivity contribution in [3.05, 3.63) is 77.4 Å². The number of anilines is 1. The molecular formula is C24H20F2N2O7. The van der Waals surface area contributed by atoms with Crippen molar-refractivity contribution in [2.75, 3.05) is 25.3 Å². The van der Waals surface area contributed by atoms with Crippen molar-refractivity contribution < 1.29 is 42.8 Å². The maximum absolute atomic E-state index is 13.3. The Morgan fingerprint density at radius 2 is 1.71 bits per heavy atom. The zero-order chi connectivity index (χ0) is 24.9. The van der Waals surface area contributed by atoms with Crippen LogP contribution in [0.3, 0.4) is 0 Å². The fraction of sp³-hybridized carbons (Fsp3) is 0.167. The van der Waals surface area contributed by atoms with Crippen LogP contribution in [-0.2, 0) is 0 Å². The lowest BCUT2D eigenvalue weighted by Gasteiger charge is -2.14. The van der Waals surface area contributed by atoms with E-state index in [2.05, 4.69) is 10.6 Å². The van der Waals surface area contributed by atoms with E-state index in [-0.39, 0.29) is 36.8 Å². The number of amides is 2. The van der Waals surface area contributed by atoms with Crippen molar-refractivity contribution in [1.29, 1.82) is 0 Å². The van der Waals surface area contributed by atoms with E-state index in [1.54, 1.807) is 18.2 Å². The van der Waals surface area contributed by atoms with E-state index in [1.165, 1.54) is 12.1 Å². The summed E-state index contributed by atoms with van der Waals surface area (Å²) in [6.45, 7) is -0.148. The lowest BCUT2D eigenvalue weighted by atomic mass is 10.1. The second-order valence-corrected chi connectivity index (χ2v) is 7.53. The van der Waals surface area contributed by atoms with E-state index in [9.17, 15) is 28.6 Å². The molecule has 0 saturated carbocycles. The molecule has 0 spiro atoms. The summed E-state index contributed by atoms with van der Waals surface area (Å²) < 4.78 is 42.6. The van der Waals surface area contributed by atoms with Crippen molar-refractivity contribution in [2.45, 2.75) is 6.10 Å². The SMILES string of the molecule is O=C(Nc1ccc(C(=O)NCC(O)COc2ccc3c(c2)OCO3)c(O)c1)c1cc(F)cc(F)c1. The number of hydrogen-bond acceptors (Lipinski definition) is 7. The van der Waals surface area contributed by atoms with Crippen molar-refractivity contribution in [2.24, 2.45) is 0 Å². The number of phenols is 1. The molecule has 1 unspecified atom stereocenters. The Kier molecular flexibility index (Phi) is 6.97. The van der Waals surface area contributed by atoms with Gasteiger partial charge in [-0.25, -0.2) is 8.78 Å². The van der Waals surface area contributed by atoms with Gasteiger partial charge in [-0.3, -0.25) is 9.59 Å². The van der Waals surface area contributed by atoms with E-state index >= 15 is 0 Å². The fourth-order valence-corrected chi connectivity index (χ4v) is 3.21. The summed E-state index contributed by atoms with van der Waals surface area (Å²) in [6.07, 6.45) is -1.04. The maximum atomic E-state index is 13.3. The molecule has 1 atom stereocenters. The van der Waals surface area contributed by atoms with Gasteiger partial charge in [0.05, 0.1) is 5.56 Å². The van der Waals surface area contributed by atoms with Crippen LogP contribution in [0.5, 0.6) is 23.0 Å². The average molecular weight is 486 g/mol. The van der Waals surface area contributed by atoms with Crippen LogP contribution < -0.4 is 24.8 Å². The number of aromatic hydroxyl groups is 1. The number of carbonyl (C=O) groups is 2. The van der Waals surface area contributed by atoms with Crippen LogP contribution in [0.1, 0.15) is 20.7 Å². The average Bonchev–Trinajstić information content (AvgIpc) is 3.28. The number of phenolic OH excluding ortho intramolecular Hbond substituents is 1. The predicted molar refractivity (Wildman–Crippen MR) is 119 cm³/mol. The summed E-state index contributed by atoms with van der Waals surface area (Å²) in [7, 11) is 0. The number of carbonyl (C=O) groups excluding carboxylic acids is 2. The summed E-state index contributed by atoms with van der Waals surface area (Å²) in [5, 5.41) is 25.1. The highest BCUT2D eigenvalue weighted by atomic mass is 19.1. The zero-order valence-electron chi connectivity index (χ0n) is 18.1. The second kappa shape index (κ2) is 10.3. The molecule has 0 aromatic heterocycles. The van der Waals surface area contributed by atoms with Crippen LogP contribution in [-0.4, -0.2) is 48.1 Å². The zero-order valence-corrected chi connectivity index (χ0v) is 18.1. The van der Waals surface area contributed by atoms with Gasteiger partial charge in [-0.2, -0.15) is 0 Å². The Labute approximate surface area is 197 Å². The molecule has 0 saturated heterocycles. The largest absolute Gasteiger partial charge is 0.507 e. The highest BCUT2D eigenvalue weighted by Gasteiger charge is 2.17. The molecule has 9 nitrogen and oxygen atoms in total. The third kappa shape index (κ3) is 5.95. The van der Waals surface area contributed by atoms with Crippen LogP contribution in [0.15, 0.2) is 54.6 Å². The number of nitrogens with one attached hydrogen (secondary N) is 2. The first-order valence-electron chi connectivity index (χ1n) is 10.4. The molecule has 3 aromatic carbocycles. The van der Waals surface area contributed by atoms with Gasteiger partial charge in [0.1, 0.15) is 35.8 Å². The number of halogens is 2. The summed E-state index contributed by atoms with van der Waals surface area (Å²) in [5.41, 5.74) is -0.254. The molecule has 3 aromatic rings. The number of ether oxygens (including phenoxy) is 3. The molecule has 4 N–H and O–H groups in total. The molecule has 2 amide bonds. The normalized spacial score (nSPS) is 12.7. The number of hydrogen-bond donors (Lipinski definition) is 4. The van der Waals surface area contributed by atoms with Gasteiger partial charge in [0.25, 0.3) is 11.8 Å². The first-order valence-corrected chi connectivity index (χ1v) is 10.4. The number of fused-ring (bicyclic) bond motifs is 1. The minimum absolute atomic E-state index is 0.103.